The number of aliphatic carboxylic acids is 1. The third-order valence-electron chi connectivity index (χ3n) is 3.44. The van der Waals surface area contributed by atoms with E-state index in [1.54, 1.807) is 18.2 Å². The quantitative estimate of drug-likeness (QED) is 0.811. The number of hydrogen-bond acceptors (Lipinski definition) is 1. The van der Waals surface area contributed by atoms with Gasteiger partial charge >= 0.3 is 5.97 Å². The molecule has 0 aliphatic heterocycles. The molecule has 1 saturated carbocycles. The van der Waals surface area contributed by atoms with Crippen LogP contribution in [0, 0.1) is 11.2 Å². The number of benzene rings is 1. The summed E-state index contributed by atoms with van der Waals surface area (Å²) >= 11 is 0. The van der Waals surface area contributed by atoms with Crippen molar-refractivity contribution in [1.82, 2.24) is 0 Å². The Bertz CT molecular complexity index is 425. The molecule has 1 fully saturated rings. The highest BCUT2D eigenvalue weighted by Gasteiger charge is 2.68. The van der Waals surface area contributed by atoms with Crippen molar-refractivity contribution >= 4 is 5.97 Å². The SMILES string of the molecule is CC1(C)C[C@]1(C(=O)O)c1ccccc1F. The maximum atomic E-state index is 13.6. The third kappa shape index (κ3) is 1.19. The van der Waals surface area contributed by atoms with Crippen LogP contribution in [0.15, 0.2) is 24.3 Å². The predicted molar refractivity (Wildman–Crippen MR) is 54.1 cm³/mol. The molecule has 0 bridgehead atoms. The monoisotopic (exact) mass is 208 g/mol. The zero-order chi connectivity index (χ0) is 11.3. The van der Waals surface area contributed by atoms with Crippen molar-refractivity contribution in [3.63, 3.8) is 0 Å². The van der Waals surface area contributed by atoms with Crippen molar-refractivity contribution in [2.24, 2.45) is 5.41 Å². The van der Waals surface area contributed by atoms with E-state index in [0.29, 0.717) is 12.0 Å². The van der Waals surface area contributed by atoms with E-state index < -0.39 is 17.2 Å². The number of halogens is 1. The summed E-state index contributed by atoms with van der Waals surface area (Å²) in [5.74, 6) is -1.36. The molecule has 1 aromatic rings. The second kappa shape index (κ2) is 2.81. The summed E-state index contributed by atoms with van der Waals surface area (Å²) in [6.07, 6.45) is 0.496. The van der Waals surface area contributed by atoms with Gasteiger partial charge < -0.3 is 5.11 Å². The number of rotatable bonds is 2. The summed E-state index contributed by atoms with van der Waals surface area (Å²) in [4.78, 5) is 11.3. The van der Waals surface area contributed by atoms with Gasteiger partial charge in [0.15, 0.2) is 0 Å². The van der Waals surface area contributed by atoms with Crippen LogP contribution in [-0.4, -0.2) is 11.1 Å². The molecule has 15 heavy (non-hydrogen) atoms. The van der Waals surface area contributed by atoms with Gasteiger partial charge in [-0.15, -0.1) is 0 Å². The van der Waals surface area contributed by atoms with Crippen LogP contribution in [0.4, 0.5) is 4.39 Å². The van der Waals surface area contributed by atoms with E-state index in [1.165, 1.54) is 6.07 Å². The Morgan fingerprint density at radius 1 is 1.40 bits per heavy atom. The number of carboxylic acid groups (broad SMARTS) is 1. The van der Waals surface area contributed by atoms with Crippen LogP contribution < -0.4 is 0 Å². The Hall–Kier alpha value is -1.38. The van der Waals surface area contributed by atoms with E-state index in [4.69, 9.17) is 0 Å². The molecule has 1 aliphatic rings. The lowest BCUT2D eigenvalue weighted by Gasteiger charge is -2.16. The summed E-state index contributed by atoms with van der Waals surface area (Å²) < 4.78 is 13.6. The largest absolute Gasteiger partial charge is 0.481 e. The molecule has 1 N–H and O–H groups in total. The average molecular weight is 208 g/mol. The van der Waals surface area contributed by atoms with Crippen LogP contribution in [0.5, 0.6) is 0 Å². The van der Waals surface area contributed by atoms with Crippen molar-refractivity contribution in [2.45, 2.75) is 25.7 Å². The van der Waals surface area contributed by atoms with Gasteiger partial charge in [-0.05, 0) is 17.9 Å². The van der Waals surface area contributed by atoms with Crippen LogP contribution in [0.3, 0.4) is 0 Å². The van der Waals surface area contributed by atoms with Crippen LogP contribution in [0.25, 0.3) is 0 Å². The van der Waals surface area contributed by atoms with E-state index in [-0.39, 0.29) is 5.41 Å². The lowest BCUT2D eigenvalue weighted by Crippen LogP contribution is -2.26. The van der Waals surface area contributed by atoms with Gasteiger partial charge in [-0.2, -0.15) is 0 Å². The van der Waals surface area contributed by atoms with Crippen LogP contribution >= 0.6 is 0 Å². The molecule has 3 heteroatoms. The van der Waals surface area contributed by atoms with Gasteiger partial charge in [0.2, 0.25) is 0 Å². The van der Waals surface area contributed by atoms with Crippen molar-refractivity contribution in [1.29, 1.82) is 0 Å². The number of hydrogen-bond donors (Lipinski definition) is 1. The Morgan fingerprint density at radius 2 is 1.93 bits per heavy atom. The predicted octanol–water partition coefficient (Wildman–Crippen LogP) is 2.58. The topological polar surface area (TPSA) is 37.3 Å². The highest BCUT2D eigenvalue weighted by molar-refractivity contribution is 5.87. The van der Waals surface area contributed by atoms with Gasteiger partial charge in [-0.25, -0.2) is 4.39 Å². The minimum Gasteiger partial charge on any atom is -0.481 e. The van der Waals surface area contributed by atoms with Crippen molar-refractivity contribution in [3.05, 3.63) is 35.6 Å². The van der Waals surface area contributed by atoms with Crippen molar-refractivity contribution in [2.75, 3.05) is 0 Å². The fourth-order valence-electron chi connectivity index (χ4n) is 2.37. The smallest absolute Gasteiger partial charge is 0.314 e. The standard InChI is InChI=1S/C12H13FO2/c1-11(2)7-12(11,10(14)15)8-5-3-4-6-9(8)13/h3-6H,7H2,1-2H3,(H,14,15)/t12-/m1/s1. The van der Waals surface area contributed by atoms with E-state index in [2.05, 4.69) is 0 Å². The number of carboxylic acids is 1. The van der Waals surface area contributed by atoms with Crippen LogP contribution in [0.2, 0.25) is 0 Å². The molecule has 1 aromatic carbocycles. The summed E-state index contributed by atoms with van der Waals surface area (Å²) in [5, 5.41) is 9.25. The molecule has 1 aliphatic carbocycles. The summed E-state index contributed by atoms with van der Waals surface area (Å²) in [5.41, 5.74) is -1.08. The third-order valence-corrected chi connectivity index (χ3v) is 3.44. The molecular formula is C12H13FO2. The maximum absolute atomic E-state index is 13.6. The van der Waals surface area contributed by atoms with Gasteiger partial charge in [0, 0.05) is 5.56 Å². The average Bonchev–Trinajstić information content (AvgIpc) is 2.71. The lowest BCUT2D eigenvalue weighted by molar-refractivity contribution is -0.141. The van der Waals surface area contributed by atoms with Crippen molar-refractivity contribution in [3.8, 4) is 0 Å². The minimum atomic E-state index is -1.03. The lowest BCUT2D eigenvalue weighted by atomic mass is 9.87. The van der Waals surface area contributed by atoms with Crippen molar-refractivity contribution < 1.29 is 14.3 Å². The minimum absolute atomic E-state index is 0.308. The molecule has 0 amide bonds. The molecule has 0 heterocycles. The zero-order valence-corrected chi connectivity index (χ0v) is 8.75. The molecule has 0 unspecified atom stereocenters. The van der Waals surface area contributed by atoms with E-state index in [9.17, 15) is 14.3 Å². The highest BCUT2D eigenvalue weighted by atomic mass is 19.1. The molecule has 0 spiro atoms. The summed E-state index contributed by atoms with van der Waals surface area (Å²) in [6, 6.07) is 6.13. The van der Waals surface area contributed by atoms with E-state index in [1.807, 2.05) is 13.8 Å². The van der Waals surface area contributed by atoms with Gasteiger partial charge in [0.1, 0.15) is 11.2 Å². The normalized spacial score (nSPS) is 27.4. The number of carbonyl (C=O) groups is 1. The summed E-state index contributed by atoms with van der Waals surface area (Å²) in [6.45, 7) is 3.71. The van der Waals surface area contributed by atoms with Gasteiger partial charge in [-0.1, -0.05) is 32.0 Å². The maximum Gasteiger partial charge on any atom is 0.314 e. The Kier molecular flexibility index (Phi) is 1.90. The van der Waals surface area contributed by atoms with Gasteiger partial charge in [0.05, 0.1) is 0 Å². The molecule has 0 radical (unpaired) electrons. The second-order valence-corrected chi connectivity index (χ2v) is 4.75. The molecule has 2 nitrogen and oxygen atoms in total. The first-order chi connectivity index (χ1) is 6.92. The molecule has 0 saturated heterocycles. The first-order valence-electron chi connectivity index (χ1n) is 4.90. The van der Waals surface area contributed by atoms with E-state index >= 15 is 0 Å². The van der Waals surface area contributed by atoms with Gasteiger partial charge in [0.25, 0.3) is 0 Å². The molecule has 1 atom stereocenters. The fraction of sp³-hybridized carbons (Fsp3) is 0.417. The first kappa shape index (κ1) is 10.1. The fourth-order valence-corrected chi connectivity index (χ4v) is 2.37. The highest BCUT2D eigenvalue weighted by Crippen LogP contribution is 2.64. The van der Waals surface area contributed by atoms with Gasteiger partial charge in [-0.3, -0.25) is 4.79 Å². The molecule has 2 rings (SSSR count). The molecular weight excluding hydrogens is 195 g/mol. The molecule has 0 aromatic heterocycles. The zero-order valence-electron chi connectivity index (χ0n) is 8.75. The van der Waals surface area contributed by atoms with E-state index in [0.717, 1.165) is 0 Å². The Labute approximate surface area is 87.7 Å². The van der Waals surface area contributed by atoms with Crippen LogP contribution in [-0.2, 0) is 10.2 Å². The summed E-state index contributed by atoms with van der Waals surface area (Å²) in [7, 11) is 0. The molecule has 80 valence electrons. The first-order valence-corrected chi connectivity index (χ1v) is 4.90. The Morgan fingerprint density at radius 3 is 2.33 bits per heavy atom. The Balaban J connectivity index is 2.55. The second-order valence-electron chi connectivity index (χ2n) is 4.75. The van der Waals surface area contributed by atoms with Crippen LogP contribution in [0.1, 0.15) is 25.8 Å².